The number of aliphatic hydroxyl groups excluding tert-OH is 1. The minimum atomic E-state index is -0.389. The van der Waals surface area contributed by atoms with Crippen LogP contribution in [-0.4, -0.2) is 10.2 Å². The summed E-state index contributed by atoms with van der Waals surface area (Å²) >= 11 is 4.93. The fraction of sp³-hybridized carbons (Fsp3) is 0.0909. The molecular formula is C11H9N3OS. The number of rotatable bonds is 1. The molecule has 1 unspecified atom stereocenters. The molecule has 0 aromatic heterocycles. The third kappa shape index (κ3) is 1.83. The highest BCUT2D eigenvalue weighted by molar-refractivity contribution is 7.80. The lowest BCUT2D eigenvalue weighted by atomic mass is 9.99. The summed E-state index contributed by atoms with van der Waals surface area (Å²) in [7, 11) is 0. The Bertz CT molecular complexity index is 490. The molecule has 16 heavy (non-hydrogen) atoms. The maximum absolute atomic E-state index is 9.59. The van der Waals surface area contributed by atoms with Crippen LogP contribution < -0.4 is 10.6 Å². The molecule has 2 rings (SSSR count). The van der Waals surface area contributed by atoms with Crippen molar-refractivity contribution in [3.8, 4) is 6.07 Å². The van der Waals surface area contributed by atoms with E-state index in [1.807, 2.05) is 36.4 Å². The third-order valence-electron chi connectivity index (χ3n) is 2.30. The lowest BCUT2D eigenvalue weighted by molar-refractivity contribution is 0.368. The summed E-state index contributed by atoms with van der Waals surface area (Å²) in [4.78, 5) is 0. The second kappa shape index (κ2) is 4.21. The monoisotopic (exact) mass is 231 g/mol. The van der Waals surface area contributed by atoms with E-state index in [-0.39, 0.29) is 17.5 Å². The van der Waals surface area contributed by atoms with Crippen LogP contribution in [0.5, 0.6) is 0 Å². The molecule has 0 fully saturated rings. The Morgan fingerprint density at radius 1 is 1.31 bits per heavy atom. The molecular weight excluding hydrogens is 222 g/mol. The normalized spacial score (nSPS) is 19.7. The van der Waals surface area contributed by atoms with Crippen LogP contribution in [0, 0.1) is 11.3 Å². The third-order valence-corrected chi connectivity index (χ3v) is 2.52. The minimum Gasteiger partial charge on any atom is -0.494 e. The maximum Gasteiger partial charge on any atom is 0.207 e. The van der Waals surface area contributed by atoms with Crippen LogP contribution in [-0.2, 0) is 0 Å². The number of hydrogen-bond acceptors (Lipinski definition) is 3. The van der Waals surface area contributed by atoms with Gasteiger partial charge in [-0.3, -0.25) is 0 Å². The van der Waals surface area contributed by atoms with Crippen molar-refractivity contribution in [1.82, 2.24) is 10.6 Å². The Balaban J connectivity index is 2.45. The predicted molar refractivity (Wildman–Crippen MR) is 63.3 cm³/mol. The fourth-order valence-corrected chi connectivity index (χ4v) is 1.78. The van der Waals surface area contributed by atoms with Crippen molar-refractivity contribution in [2.75, 3.05) is 0 Å². The van der Waals surface area contributed by atoms with Gasteiger partial charge in [0.25, 0.3) is 0 Å². The van der Waals surface area contributed by atoms with Gasteiger partial charge in [0.1, 0.15) is 11.6 Å². The van der Waals surface area contributed by atoms with E-state index in [9.17, 15) is 5.11 Å². The fourth-order valence-electron chi connectivity index (χ4n) is 1.56. The van der Waals surface area contributed by atoms with Gasteiger partial charge < -0.3 is 15.7 Å². The van der Waals surface area contributed by atoms with Crippen molar-refractivity contribution >= 4 is 17.3 Å². The molecule has 3 N–H and O–H groups in total. The van der Waals surface area contributed by atoms with Crippen LogP contribution in [0.15, 0.2) is 41.8 Å². The molecule has 80 valence electrons. The zero-order valence-electron chi connectivity index (χ0n) is 8.27. The second-order valence-corrected chi connectivity index (χ2v) is 3.72. The van der Waals surface area contributed by atoms with Gasteiger partial charge >= 0.3 is 0 Å². The molecule has 0 aliphatic carbocycles. The summed E-state index contributed by atoms with van der Waals surface area (Å²) in [6, 6.07) is 10.9. The standard InChI is InChI=1S/C11H9N3OS/c12-6-8-9(7-4-2-1-3-5-7)13-11(16)14-10(8)15/h1-5,9,15H,(H2,13,14,16). The first-order chi connectivity index (χ1) is 7.72. The number of nitriles is 1. The van der Waals surface area contributed by atoms with E-state index < -0.39 is 0 Å². The molecule has 0 saturated heterocycles. The van der Waals surface area contributed by atoms with E-state index in [4.69, 9.17) is 17.5 Å². The Labute approximate surface area is 98.2 Å². The SMILES string of the molecule is N#CC1=C(O)NC(=S)NC1c1ccccc1. The number of benzene rings is 1. The van der Waals surface area contributed by atoms with Gasteiger partial charge in [0, 0.05) is 0 Å². The van der Waals surface area contributed by atoms with Gasteiger partial charge in [0.15, 0.2) is 5.11 Å². The van der Waals surface area contributed by atoms with Crippen LogP contribution in [0.3, 0.4) is 0 Å². The molecule has 1 heterocycles. The molecule has 1 aliphatic heterocycles. The smallest absolute Gasteiger partial charge is 0.207 e. The summed E-state index contributed by atoms with van der Waals surface area (Å²) in [5.74, 6) is -0.180. The number of thiocarbonyl (C=S) groups is 1. The van der Waals surface area contributed by atoms with Crippen LogP contribution in [0.1, 0.15) is 11.6 Å². The summed E-state index contributed by atoms with van der Waals surface area (Å²) in [5.41, 5.74) is 1.12. The van der Waals surface area contributed by atoms with Crippen LogP contribution in [0.4, 0.5) is 0 Å². The maximum atomic E-state index is 9.59. The van der Waals surface area contributed by atoms with E-state index in [2.05, 4.69) is 10.6 Å². The molecule has 0 bridgehead atoms. The van der Waals surface area contributed by atoms with E-state index in [1.54, 1.807) is 0 Å². The van der Waals surface area contributed by atoms with Gasteiger partial charge in [-0.2, -0.15) is 5.26 Å². The molecule has 0 spiro atoms. The molecule has 1 aliphatic rings. The van der Waals surface area contributed by atoms with Gasteiger partial charge in [0.05, 0.1) is 6.04 Å². The van der Waals surface area contributed by atoms with Gasteiger partial charge in [-0.25, -0.2) is 0 Å². The first-order valence-corrected chi connectivity index (χ1v) is 5.09. The highest BCUT2D eigenvalue weighted by atomic mass is 32.1. The molecule has 4 nitrogen and oxygen atoms in total. The average molecular weight is 231 g/mol. The molecule has 1 atom stereocenters. The summed E-state index contributed by atoms with van der Waals surface area (Å²) in [5, 5.41) is 24.3. The average Bonchev–Trinajstić information content (AvgIpc) is 2.29. The Kier molecular flexibility index (Phi) is 2.75. The van der Waals surface area contributed by atoms with Gasteiger partial charge in [0.2, 0.25) is 5.88 Å². The quantitative estimate of drug-likeness (QED) is 0.639. The van der Waals surface area contributed by atoms with Crippen molar-refractivity contribution in [3.63, 3.8) is 0 Å². The van der Waals surface area contributed by atoms with Crippen molar-refractivity contribution in [1.29, 1.82) is 5.26 Å². The molecule has 0 radical (unpaired) electrons. The van der Waals surface area contributed by atoms with Crippen LogP contribution in [0.2, 0.25) is 0 Å². The Hall–Kier alpha value is -2.06. The first kappa shape index (κ1) is 10.5. The number of nitrogens with one attached hydrogen (secondary N) is 2. The van der Waals surface area contributed by atoms with Crippen molar-refractivity contribution < 1.29 is 5.11 Å². The van der Waals surface area contributed by atoms with Crippen LogP contribution in [0.25, 0.3) is 0 Å². The van der Waals surface area contributed by atoms with Gasteiger partial charge in [-0.15, -0.1) is 0 Å². The van der Waals surface area contributed by atoms with Gasteiger partial charge in [-0.05, 0) is 17.8 Å². The highest BCUT2D eigenvalue weighted by Crippen LogP contribution is 2.24. The van der Waals surface area contributed by atoms with Gasteiger partial charge in [-0.1, -0.05) is 30.3 Å². The van der Waals surface area contributed by atoms with Crippen LogP contribution >= 0.6 is 12.2 Å². The highest BCUT2D eigenvalue weighted by Gasteiger charge is 2.26. The van der Waals surface area contributed by atoms with E-state index in [0.717, 1.165) is 5.56 Å². The first-order valence-electron chi connectivity index (χ1n) is 4.68. The summed E-state index contributed by atoms with van der Waals surface area (Å²) < 4.78 is 0. The molecule has 0 saturated carbocycles. The summed E-state index contributed by atoms with van der Waals surface area (Å²) in [6.45, 7) is 0. The lowest BCUT2D eigenvalue weighted by Crippen LogP contribution is -2.43. The van der Waals surface area contributed by atoms with E-state index in [0.29, 0.717) is 5.11 Å². The predicted octanol–water partition coefficient (Wildman–Crippen LogP) is 1.50. The zero-order valence-corrected chi connectivity index (χ0v) is 9.08. The van der Waals surface area contributed by atoms with E-state index in [1.165, 1.54) is 0 Å². The lowest BCUT2D eigenvalue weighted by Gasteiger charge is -2.26. The topological polar surface area (TPSA) is 68.1 Å². The van der Waals surface area contributed by atoms with E-state index >= 15 is 0 Å². The number of nitrogens with zero attached hydrogens (tertiary/aromatic N) is 1. The Morgan fingerprint density at radius 3 is 2.62 bits per heavy atom. The largest absolute Gasteiger partial charge is 0.494 e. The van der Waals surface area contributed by atoms with Crippen molar-refractivity contribution in [2.24, 2.45) is 0 Å². The van der Waals surface area contributed by atoms with Crippen molar-refractivity contribution in [2.45, 2.75) is 6.04 Å². The second-order valence-electron chi connectivity index (χ2n) is 3.32. The number of aliphatic hydroxyl groups is 1. The molecule has 1 aromatic rings. The summed E-state index contributed by atoms with van der Waals surface area (Å²) in [6.07, 6.45) is 0. The van der Waals surface area contributed by atoms with Crippen molar-refractivity contribution in [3.05, 3.63) is 47.4 Å². The minimum absolute atomic E-state index is 0.180. The molecule has 1 aromatic carbocycles. The zero-order chi connectivity index (χ0) is 11.5. The number of hydrogen-bond donors (Lipinski definition) is 3. The molecule has 5 heteroatoms. The molecule has 0 amide bonds. The Morgan fingerprint density at radius 2 is 2.00 bits per heavy atom.